The molecule has 7 rings (SSSR count). The number of sulfonamides is 1. The molecule has 0 spiro atoms. The SMILES string of the molecule is CC(C)Oc1cc(-n2nc(C(C)(C)C)oc2=O)c(Cl)cc1Cl.CCCCN(CC)C(=O)SCCC.CCCN(CCC)c1c([N+](=O)[O-])cc(S(N)(=O)=O)cc1[N+](=O)[O-].CCOc1cc(Oc2ccc(C(F)(F)F)cc2Cl)ccc1[N+](=O)[O-].C[n+]1ccc(-c2cc[n+](C)cc2)cc1. The first-order valence-corrected chi connectivity index (χ1v) is 33.9. The first kappa shape index (κ1) is 82.1. The largest absolute Gasteiger partial charge is 0.489 e. The van der Waals surface area contributed by atoms with E-state index in [2.05, 4.69) is 68.0 Å². The molecule has 0 aliphatic carbocycles. The molecule has 0 radical (unpaired) electrons. The van der Waals surface area contributed by atoms with Crippen molar-refractivity contribution < 1.29 is 68.9 Å². The van der Waals surface area contributed by atoms with Crippen molar-refractivity contribution in [2.24, 2.45) is 19.2 Å². The Morgan fingerprint density at radius 1 is 0.719 bits per heavy atom. The highest BCUT2D eigenvalue weighted by Crippen LogP contribution is 2.42. The zero-order valence-electron chi connectivity index (χ0n) is 55.6. The van der Waals surface area contributed by atoms with E-state index in [9.17, 15) is 61.5 Å². The van der Waals surface area contributed by atoms with Gasteiger partial charge in [0.15, 0.2) is 30.5 Å². The van der Waals surface area contributed by atoms with Crippen LogP contribution in [0.4, 0.5) is 40.7 Å². The van der Waals surface area contributed by atoms with Gasteiger partial charge < -0.3 is 28.4 Å². The predicted octanol–water partition coefficient (Wildman–Crippen LogP) is 15.8. The Bertz CT molecular complexity index is 3810. The Labute approximate surface area is 575 Å². The molecule has 0 saturated heterocycles. The molecule has 1 amide bonds. The van der Waals surface area contributed by atoms with Crippen LogP contribution in [-0.4, -0.2) is 87.8 Å². The van der Waals surface area contributed by atoms with Crippen LogP contribution in [0.25, 0.3) is 16.8 Å². The standard InChI is InChI=1S/C15H18Cl2N2O3.C15H11ClF3NO4.C12H18N4O6S.C12H14N2.C10H21NOS/c1-8(2)21-12-7-11(9(16)6-10(12)17)19-14(20)22-13(18-19)15(3,4)5;1-2-23-14-8-10(4-5-12(14)20(21)22)24-13-6-3-9(7-11(13)16)15(17,18)19;1-3-5-14(6-4-2)12-10(15(17)18)7-9(23(13,21)22)8-11(12)16(19)20;1-13-7-3-11(4-8-13)12-5-9-14(2)10-6-12;1-4-7-8-11(6-3)10(12)13-9-5-2/h6-8H,1-5H3;3-8H,2H2,1H3;7-8H,3-6H2,1-2H3,(H2,13,21,22);3-10H,1-2H3;4-9H2,1-3H3/q;;;+2;. The third-order valence-corrected chi connectivity index (χ3v) is 15.8. The molecular formula is C64H82Cl3F3N10O14S2+2. The minimum atomic E-state index is -4.52. The fraction of sp³-hybridized carbons (Fsp3) is 0.422. The summed E-state index contributed by atoms with van der Waals surface area (Å²) in [4.78, 5) is 57.6. The molecule has 0 atom stereocenters. The van der Waals surface area contributed by atoms with E-state index in [0.29, 0.717) is 48.3 Å². The molecule has 2 N–H and O–H groups in total. The number of nitro benzene ring substituents is 3. The first-order valence-electron chi connectivity index (χ1n) is 30.3. The number of nitrogens with two attached hydrogens (primary N) is 1. The quantitative estimate of drug-likeness (QED) is 0.0353. The molecule has 32 heteroatoms. The van der Waals surface area contributed by atoms with Crippen molar-refractivity contribution in [1.29, 1.82) is 0 Å². The highest BCUT2D eigenvalue weighted by Gasteiger charge is 2.34. The van der Waals surface area contributed by atoms with Crippen LogP contribution in [0.15, 0.2) is 124 Å². The number of benzene rings is 4. The number of ether oxygens (including phenoxy) is 3. The lowest BCUT2D eigenvalue weighted by Crippen LogP contribution is -2.28. The highest BCUT2D eigenvalue weighted by atomic mass is 35.5. The summed E-state index contributed by atoms with van der Waals surface area (Å²) in [5, 5.41) is 43.4. The summed E-state index contributed by atoms with van der Waals surface area (Å²) in [6.07, 6.45) is 8.23. The van der Waals surface area contributed by atoms with Gasteiger partial charge in [-0.05, 0) is 94.8 Å². The zero-order valence-corrected chi connectivity index (χ0v) is 59.6. The number of nitrogens with zero attached hydrogens (tertiary/aromatic N) is 9. The van der Waals surface area contributed by atoms with Crippen molar-refractivity contribution >= 4 is 84.6 Å². The van der Waals surface area contributed by atoms with Crippen molar-refractivity contribution in [1.82, 2.24) is 14.7 Å². The molecule has 0 saturated carbocycles. The molecular weight excluding hydrogens is 1360 g/mol. The van der Waals surface area contributed by atoms with E-state index in [4.69, 9.17) is 58.6 Å². The van der Waals surface area contributed by atoms with Crippen LogP contribution in [0.3, 0.4) is 0 Å². The minimum Gasteiger partial charge on any atom is -0.489 e. The molecule has 96 heavy (non-hydrogen) atoms. The average molecular weight is 1440 g/mol. The molecule has 24 nitrogen and oxygen atoms in total. The lowest BCUT2D eigenvalue weighted by atomic mass is 9.97. The van der Waals surface area contributed by atoms with Crippen LogP contribution in [0.1, 0.15) is 120 Å². The summed E-state index contributed by atoms with van der Waals surface area (Å²) in [7, 11) is -0.264. The number of primary sulfonamides is 1. The number of nitro groups is 3. The Morgan fingerprint density at radius 2 is 1.25 bits per heavy atom. The molecule has 7 aromatic rings. The number of carbonyl (C=O) groups excluding carboxylic acids is 1. The second-order valence-corrected chi connectivity index (χ2v) is 26.0. The number of hydrogen-bond acceptors (Lipinski definition) is 17. The number of rotatable bonds is 23. The highest BCUT2D eigenvalue weighted by molar-refractivity contribution is 8.13. The number of amides is 1. The van der Waals surface area contributed by atoms with Crippen LogP contribution in [0.2, 0.25) is 15.1 Å². The van der Waals surface area contributed by atoms with Gasteiger partial charge in [0.2, 0.25) is 21.7 Å². The average Bonchev–Trinajstić information content (AvgIpc) is 1.14. The smallest absolute Gasteiger partial charge is 0.442 e. The number of anilines is 1. The van der Waals surface area contributed by atoms with Crippen LogP contribution in [0.5, 0.6) is 23.0 Å². The molecule has 0 aliphatic heterocycles. The maximum Gasteiger partial charge on any atom is 0.442 e. The van der Waals surface area contributed by atoms with E-state index in [-0.39, 0.29) is 62.0 Å². The van der Waals surface area contributed by atoms with Gasteiger partial charge in [-0.3, -0.25) is 35.1 Å². The molecule has 3 heterocycles. The third-order valence-electron chi connectivity index (χ3n) is 12.9. The normalized spacial score (nSPS) is 11.1. The van der Waals surface area contributed by atoms with Gasteiger partial charge in [-0.2, -0.15) is 17.9 Å². The maximum atomic E-state index is 12.6. The van der Waals surface area contributed by atoms with E-state index < -0.39 is 58.6 Å². The summed E-state index contributed by atoms with van der Waals surface area (Å²) in [5.74, 6) is 1.22. The lowest BCUT2D eigenvalue weighted by molar-refractivity contribution is -0.671. The Morgan fingerprint density at radius 3 is 1.67 bits per heavy atom. The van der Waals surface area contributed by atoms with E-state index in [1.807, 2.05) is 83.5 Å². The second-order valence-electron chi connectivity index (χ2n) is 22.2. The Kier molecular flexibility index (Phi) is 33.0. The number of aryl methyl sites for hydroxylation is 2. The Balaban J connectivity index is 0.000000319. The summed E-state index contributed by atoms with van der Waals surface area (Å²) in [5.41, 5.74) is -0.161. The zero-order chi connectivity index (χ0) is 72.4. The molecule has 0 fully saturated rings. The van der Waals surface area contributed by atoms with E-state index >= 15 is 0 Å². The van der Waals surface area contributed by atoms with Crippen molar-refractivity contribution in [2.75, 3.05) is 43.4 Å². The van der Waals surface area contributed by atoms with Gasteiger partial charge in [0.05, 0.1) is 58.7 Å². The number of carbonyl (C=O) groups is 1. The molecule has 3 aromatic heterocycles. The molecule has 4 aromatic carbocycles. The lowest BCUT2D eigenvalue weighted by Gasteiger charge is -2.23. The monoisotopic (exact) mass is 1440 g/mol. The van der Waals surface area contributed by atoms with Gasteiger partial charge >= 0.3 is 29.0 Å². The van der Waals surface area contributed by atoms with Crippen molar-refractivity contribution in [3.63, 3.8) is 0 Å². The molecule has 524 valence electrons. The fourth-order valence-corrected chi connectivity index (χ4v) is 10.3. The van der Waals surface area contributed by atoms with Crippen LogP contribution >= 0.6 is 46.6 Å². The number of alkyl halides is 3. The number of pyridine rings is 2. The summed E-state index contributed by atoms with van der Waals surface area (Å²) < 4.78 is 87.2. The third kappa shape index (κ3) is 25.8. The number of unbranched alkanes of at least 4 members (excludes halogenated alkanes) is 1. The second kappa shape index (κ2) is 38.6. The van der Waals surface area contributed by atoms with Crippen LogP contribution in [0, 0.1) is 30.3 Å². The van der Waals surface area contributed by atoms with Crippen molar-refractivity contribution in [3.05, 3.63) is 177 Å². The first-order chi connectivity index (χ1) is 44.9. The van der Waals surface area contributed by atoms with Gasteiger partial charge in [0, 0.05) is 91.9 Å². The summed E-state index contributed by atoms with van der Waals surface area (Å²) in [6, 6.07) is 19.5. The maximum absolute atomic E-state index is 12.6. The van der Waals surface area contributed by atoms with Crippen molar-refractivity contribution in [3.8, 4) is 39.8 Å². The van der Waals surface area contributed by atoms with Crippen molar-refractivity contribution in [2.45, 2.75) is 131 Å². The van der Waals surface area contributed by atoms with E-state index in [1.54, 1.807) is 13.0 Å². The summed E-state index contributed by atoms with van der Waals surface area (Å²) >= 11 is 19.5. The van der Waals surface area contributed by atoms with Gasteiger partial charge in [-0.25, -0.2) is 27.5 Å². The molecule has 0 bridgehead atoms. The van der Waals surface area contributed by atoms with E-state index in [0.717, 1.165) is 73.1 Å². The van der Waals surface area contributed by atoms with Crippen LogP contribution < -0.4 is 39.1 Å². The summed E-state index contributed by atoms with van der Waals surface area (Å²) in [6.45, 7) is 23.8. The number of halogens is 6. The predicted molar refractivity (Wildman–Crippen MR) is 366 cm³/mol. The number of thioether (sulfide) groups is 1. The minimum absolute atomic E-state index is 0.0111. The van der Waals surface area contributed by atoms with Gasteiger partial charge in [-0.15, -0.1) is 5.10 Å². The molecule has 0 aliphatic rings. The van der Waals surface area contributed by atoms with E-state index in [1.165, 1.54) is 52.1 Å². The number of aromatic nitrogens is 4. The van der Waals surface area contributed by atoms with Gasteiger partial charge in [0.1, 0.15) is 31.3 Å². The number of hydrogen-bond donors (Lipinski definition) is 1. The van der Waals surface area contributed by atoms with Gasteiger partial charge in [-0.1, -0.05) is 101 Å². The molecule has 0 unspecified atom stereocenters. The Hall–Kier alpha value is -8.09. The topological polar surface area (TPSA) is 297 Å². The van der Waals surface area contributed by atoms with Gasteiger partial charge in [0.25, 0.3) is 5.24 Å². The van der Waals surface area contributed by atoms with Crippen LogP contribution in [-0.2, 0) is 35.7 Å². The fourth-order valence-electron chi connectivity index (χ4n) is 8.24.